The van der Waals surface area contributed by atoms with Crippen LogP contribution in [0.3, 0.4) is 0 Å². The number of hydrogen-bond acceptors (Lipinski definition) is 4. The van der Waals surface area contributed by atoms with Crippen LogP contribution in [0, 0.1) is 12.7 Å². The number of thiophene rings is 1. The summed E-state index contributed by atoms with van der Waals surface area (Å²) in [5.74, 6) is -0.627. The lowest BCUT2D eigenvalue weighted by atomic mass is 10.1. The van der Waals surface area contributed by atoms with Crippen molar-refractivity contribution in [2.24, 2.45) is 0 Å². The van der Waals surface area contributed by atoms with E-state index in [2.05, 4.69) is 10.6 Å². The van der Waals surface area contributed by atoms with Crippen molar-refractivity contribution in [2.45, 2.75) is 6.92 Å². The minimum Gasteiger partial charge on any atom is -0.492 e. The van der Waals surface area contributed by atoms with Crippen LogP contribution in [-0.4, -0.2) is 25.0 Å². The number of benzene rings is 2. The van der Waals surface area contributed by atoms with E-state index >= 15 is 0 Å². The quantitative estimate of drug-likeness (QED) is 0.421. The van der Waals surface area contributed by atoms with E-state index in [9.17, 15) is 14.0 Å². The third-order valence-corrected chi connectivity index (χ3v) is 4.93. The highest BCUT2D eigenvalue weighted by Crippen LogP contribution is 2.14. The zero-order valence-electron chi connectivity index (χ0n) is 16.4. The average Bonchev–Trinajstić information content (AvgIpc) is 3.25. The van der Waals surface area contributed by atoms with Gasteiger partial charge in [0.25, 0.3) is 11.8 Å². The minimum absolute atomic E-state index is 0.143. The smallest absolute Gasteiger partial charge is 0.267 e. The van der Waals surface area contributed by atoms with Crippen LogP contribution in [0.15, 0.2) is 71.7 Å². The highest BCUT2D eigenvalue weighted by molar-refractivity contribution is 7.10. The van der Waals surface area contributed by atoms with Crippen molar-refractivity contribution in [2.75, 3.05) is 13.2 Å². The van der Waals surface area contributed by atoms with Crippen LogP contribution >= 0.6 is 11.3 Å². The molecule has 0 saturated heterocycles. The fourth-order valence-electron chi connectivity index (χ4n) is 2.53. The number of amides is 2. The SMILES string of the molecule is Cc1ccc(C(=O)N/C(=C\c2cccs2)C(=O)NCCOc2ccc(F)cc2)cc1. The predicted molar refractivity (Wildman–Crippen MR) is 116 cm³/mol. The Morgan fingerprint density at radius 3 is 2.47 bits per heavy atom. The molecular weight excluding hydrogens is 403 g/mol. The number of rotatable bonds is 8. The molecule has 3 aromatic rings. The Morgan fingerprint density at radius 1 is 1.07 bits per heavy atom. The second-order valence-electron chi connectivity index (χ2n) is 6.45. The second kappa shape index (κ2) is 10.4. The van der Waals surface area contributed by atoms with Crippen molar-refractivity contribution in [1.29, 1.82) is 0 Å². The molecule has 0 radical (unpaired) electrons. The van der Waals surface area contributed by atoms with Crippen LogP contribution in [0.2, 0.25) is 0 Å². The van der Waals surface area contributed by atoms with Crippen molar-refractivity contribution in [3.63, 3.8) is 0 Å². The van der Waals surface area contributed by atoms with Gasteiger partial charge in [-0.2, -0.15) is 0 Å². The highest BCUT2D eigenvalue weighted by Gasteiger charge is 2.14. The van der Waals surface area contributed by atoms with Gasteiger partial charge in [-0.1, -0.05) is 23.8 Å². The summed E-state index contributed by atoms with van der Waals surface area (Å²) < 4.78 is 18.4. The fraction of sp³-hybridized carbons (Fsp3) is 0.130. The van der Waals surface area contributed by atoms with Gasteiger partial charge in [0, 0.05) is 10.4 Å². The number of nitrogens with one attached hydrogen (secondary N) is 2. The Hall–Kier alpha value is -3.45. The molecule has 1 heterocycles. The molecule has 2 aromatic carbocycles. The van der Waals surface area contributed by atoms with Crippen LogP contribution in [0.4, 0.5) is 4.39 Å². The zero-order chi connectivity index (χ0) is 21.3. The van der Waals surface area contributed by atoms with Crippen molar-refractivity contribution in [3.8, 4) is 5.75 Å². The van der Waals surface area contributed by atoms with Gasteiger partial charge in [-0.15, -0.1) is 11.3 Å². The molecule has 154 valence electrons. The molecule has 0 aliphatic carbocycles. The minimum atomic E-state index is -0.424. The van der Waals surface area contributed by atoms with E-state index in [1.165, 1.54) is 35.6 Å². The lowest BCUT2D eigenvalue weighted by molar-refractivity contribution is -0.117. The monoisotopic (exact) mass is 424 g/mol. The summed E-state index contributed by atoms with van der Waals surface area (Å²) in [6, 6.07) is 16.4. The van der Waals surface area contributed by atoms with Crippen LogP contribution in [0.25, 0.3) is 6.08 Å². The third kappa shape index (κ3) is 6.28. The molecule has 0 spiro atoms. The number of carbonyl (C=O) groups excluding carboxylic acids is 2. The molecule has 0 fully saturated rings. The predicted octanol–water partition coefficient (Wildman–Crippen LogP) is 4.16. The zero-order valence-corrected chi connectivity index (χ0v) is 17.2. The first kappa shape index (κ1) is 21.3. The van der Waals surface area contributed by atoms with Crippen molar-refractivity contribution in [3.05, 3.63) is 93.6 Å². The topological polar surface area (TPSA) is 67.4 Å². The third-order valence-electron chi connectivity index (χ3n) is 4.11. The van der Waals surface area contributed by atoms with Gasteiger partial charge in [0.05, 0.1) is 6.54 Å². The van der Waals surface area contributed by atoms with Gasteiger partial charge < -0.3 is 15.4 Å². The molecule has 0 aliphatic heterocycles. The molecule has 1 aromatic heterocycles. The summed E-state index contributed by atoms with van der Waals surface area (Å²) in [7, 11) is 0. The molecule has 0 aliphatic rings. The Bertz CT molecular complexity index is 1010. The molecule has 5 nitrogen and oxygen atoms in total. The maximum absolute atomic E-state index is 12.9. The van der Waals surface area contributed by atoms with E-state index in [1.807, 2.05) is 36.6 Å². The fourth-order valence-corrected chi connectivity index (χ4v) is 3.19. The number of hydrogen-bond donors (Lipinski definition) is 2. The van der Waals surface area contributed by atoms with Crippen molar-refractivity contribution >= 4 is 29.2 Å². The van der Waals surface area contributed by atoms with Gasteiger partial charge in [-0.3, -0.25) is 9.59 Å². The van der Waals surface area contributed by atoms with E-state index in [1.54, 1.807) is 18.2 Å². The van der Waals surface area contributed by atoms with E-state index < -0.39 is 5.91 Å². The average molecular weight is 424 g/mol. The first-order chi connectivity index (χ1) is 14.5. The van der Waals surface area contributed by atoms with Gasteiger partial charge in [-0.25, -0.2) is 4.39 Å². The molecule has 3 rings (SSSR count). The molecule has 2 amide bonds. The summed E-state index contributed by atoms with van der Waals surface area (Å²) >= 11 is 1.46. The van der Waals surface area contributed by atoms with Crippen molar-refractivity contribution in [1.82, 2.24) is 10.6 Å². The van der Waals surface area contributed by atoms with E-state index in [-0.39, 0.29) is 30.6 Å². The van der Waals surface area contributed by atoms with Crippen LogP contribution < -0.4 is 15.4 Å². The Balaban J connectivity index is 1.61. The van der Waals surface area contributed by atoms with Gasteiger partial charge in [0.1, 0.15) is 23.9 Å². The standard InChI is InChI=1S/C23H21FN2O3S/c1-16-4-6-17(7-5-16)22(27)26-21(15-20-3-2-14-30-20)23(28)25-12-13-29-19-10-8-18(24)9-11-19/h2-11,14-15H,12-13H2,1H3,(H,25,28)(H,26,27)/b21-15-. The van der Waals surface area contributed by atoms with Gasteiger partial charge in [0.15, 0.2) is 0 Å². The molecule has 2 N–H and O–H groups in total. The van der Waals surface area contributed by atoms with E-state index in [0.29, 0.717) is 11.3 Å². The summed E-state index contributed by atoms with van der Waals surface area (Å²) in [5, 5.41) is 7.30. The number of ether oxygens (including phenoxy) is 1. The lowest BCUT2D eigenvalue weighted by Crippen LogP contribution is -2.36. The van der Waals surface area contributed by atoms with E-state index in [0.717, 1.165) is 10.4 Å². The first-order valence-electron chi connectivity index (χ1n) is 9.31. The van der Waals surface area contributed by atoms with E-state index in [4.69, 9.17) is 4.74 Å². The first-order valence-corrected chi connectivity index (χ1v) is 10.2. The van der Waals surface area contributed by atoms with Gasteiger partial charge in [0.2, 0.25) is 0 Å². The molecule has 0 bridgehead atoms. The summed E-state index contributed by atoms with van der Waals surface area (Å²) in [4.78, 5) is 26.0. The maximum Gasteiger partial charge on any atom is 0.267 e. The second-order valence-corrected chi connectivity index (χ2v) is 7.43. The maximum atomic E-state index is 12.9. The lowest BCUT2D eigenvalue weighted by Gasteiger charge is -2.12. The number of carbonyl (C=O) groups is 2. The summed E-state index contributed by atoms with van der Waals surface area (Å²) in [6.07, 6.45) is 1.63. The Morgan fingerprint density at radius 2 is 1.80 bits per heavy atom. The summed E-state index contributed by atoms with van der Waals surface area (Å²) in [6.45, 7) is 2.36. The van der Waals surface area contributed by atoms with Crippen molar-refractivity contribution < 1.29 is 18.7 Å². The van der Waals surface area contributed by atoms with Gasteiger partial charge >= 0.3 is 0 Å². The normalized spacial score (nSPS) is 11.1. The molecule has 0 unspecified atom stereocenters. The Kier molecular flexibility index (Phi) is 7.34. The number of aryl methyl sites for hydroxylation is 1. The molecule has 30 heavy (non-hydrogen) atoms. The summed E-state index contributed by atoms with van der Waals surface area (Å²) in [5.41, 5.74) is 1.65. The highest BCUT2D eigenvalue weighted by atomic mass is 32.1. The van der Waals surface area contributed by atoms with Crippen LogP contribution in [-0.2, 0) is 4.79 Å². The van der Waals surface area contributed by atoms with Gasteiger partial charge in [-0.05, 0) is 60.8 Å². The molecule has 7 heteroatoms. The van der Waals surface area contributed by atoms with Crippen LogP contribution in [0.5, 0.6) is 5.75 Å². The van der Waals surface area contributed by atoms with Crippen LogP contribution in [0.1, 0.15) is 20.8 Å². The molecule has 0 saturated carbocycles. The Labute approximate surface area is 178 Å². The number of halogens is 1. The largest absolute Gasteiger partial charge is 0.492 e. The molecular formula is C23H21FN2O3S. The molecule has 0 atom stereocenters.